The number of unbranched alkanes of at least 4 members (excludes halogenated alkanes) is 1. The van der Waals surface area contributed by atoms with Gasteiger partial charge in [0.1, 0.15) is 0 Å². The van der Waals surface area contributed by atoms with Crippen LogP contribution in [0.1, 0.15) is 66.2 Å². The Morgan fingerprint density at radius 3 is 2.53 bits per heavy atom. The second-order valence-electron chi connectivity index (χ2n) is 6.82. The lowest BCUT2D eigenvalue weighted by molar-refractivity contribution is 0.184. The second kappa shape index (κ2) is 9.77. The van der Waals surface area contributed by atoms with Crippen LogP contribution in [0.4, 0.5) is 0 Å². The van der Waals surface area contributed by atoms with E-state index in [-0.39, 0.29) is 0 Å². The Morgan fingerprint density at radius 2 is 2.00 bits per heavy atom. The molecule has 1 N–H and O–H groups in total. The van der Waals surface area contributed by atoms with Crippen molar-refractivity contribution < 1.29 is 0 Å². The fourth-order valence-corrected chi connectivity index (χ4v) is 3.25. The molecule has 0 bridgehead atoms. The lowest BCUT2D eigenvalue weighted by Crippen LogP contribution is -2.41. The van der Waals surface area contributed by atoms with Crippen molar-refractivity contribution in [3.63, 3.8) is 0 Å². The number of hydrogen-bond donors (Lipinski definition) is 1. The van der Waals surface area contributed by atoms with Crippen LogP contribution in [-0.2, 0) is 0 Å². The Labute approximate surface area is 121 Å². The van der Waals surface area contributed by atoms with Crippen LogP contribution in [-0.4, -0.2) is 37.1 Å². The molecule has 1 aliphatic heterocycles. The van der Waals surface area contributed by atoms with Gasteiger partial charge in [-0.3, -0.25) is 0 Å². The summed E-state index contributed by atoms with van der Waals surface area (Å²) in [7, 11) is 0. The normalized spacial score (nSPS) is 21.5. The lowest BCUT2D eigenvalue weighted by Gasteiger charge is -2.30. The third kappa shape index (κ3) is 7.31. The molecule has 1 saturated heterocycles. The van der Waals surface area contributed by atoms with Gasteiger partial charge in [-0.25, -0.2) is 0 Å². The molecule has 0 amide bonds. The summed E-state index contributed by atoms with van der Waals surface area (Å²) in [6, 6.07) is 0.752. The molecule has 19 heavy (non-hydrogen) atoms. The highest BCUT2D eigenvalue weighted by Crippen LogP contribution is 2.17. The molecule has 2 unspecified atom stereocenters. The topological polar surface area (TPSA) is 15.3 Å². The molecule has 2 nitrogen and oxygen atoms in total. The molecule has 0 aromatic rings. The first-order valence-electron chi connectivity index (χ1n) is 8.61. The largest absolute Gasteiger partial charge is 0.313 e. The number of nitrogens with one attached hydrogen (secondary N) is 1. The fourth-order valence-electron chi connectivity index (χ4n) is 3.25. The van der Waals surface area contributed by atoms with E-state index in [1.165, 1.54) is 64.7 Å². The Balaban J connectivity index is 2.41. The van der Waals surface area contributed by atoms with Crippen LogP contribution in [0, 0.1) is 11.8 Å². The van der Waals surface area contributed by atoms with E-state index in [9.17, 15) is 0 Å². The summed E-state index contributed by atoms with van der Waals surface area (Å²) in [6.45, 7) is 14.4. The summed E-state index contributed by atoms with van der Waals surface area (Å²) in [4.78, 5) is 2.73. The van der Waals surface area contributed by atoms with Crippen molar-refractivity contribution in [1.29, 1.82) is 0 Å². The maximum absolute atomic E-state index is 3.65. The first-order valence-corrected chi connectivity index (χ1v) is 8.61. The maximum Gasteiger partial charge on any atom is 0.0195 e. The van der Waals surface area contributed by atoms with Gasteiger partial charge in [0, 0.05) is 25.7 Å². The number of hydrogen-bond acceptors (Lipinski definition) is 2. The summed E-state index contributed by atoms with van der Waals surface area (Å²) < 4.78 is 0. The summed E-state index contributed by atoms with van der Waals surface area (Å²) in [5.74, 6) is 1.69. The van der Waals surface area contributed by atoms with E-state index in [2.05, 4.69) is 37.9 Å². The van der Waals surface area contributed by atoms with Gasteiger partial charge >= 0.3 is 0 Å². The Hall–Kier alpha value is -0.0800. The van der Waals surface area contributed by atoms with Crippen LogP contribution in [0.15, 0.2) is 0 Å². The molecule has 1 rings (SSSR count). The van der Waals surface area contributed by atoms with Gasteiger partial charge in [-0.15, -0.1) is 0 Å². The molecule has 114 valence electrons. The summed E-state index contributed by atoms with van der Waals surface area (Å²) in [5, 5.41) is 3.65. The zero-order chi connectivity index (χ0) is 14.1. The average Bonchev–Trinajstić information content (AvgIpc) is 2.86. The highest BCUT2D eigenvalue weighted by atomic mass is 15.2. The Kier molecular flexibility index (Phi) is 8.72. The van der Waals surface area contributed by atoms with Crippen LogP contribution in [0.3, 0.4) is 0 Å². The van der Waals surface area contributed by atoms with Crippen molar-refractivity contribution in [3.05, 3.63) is 0 Å². The summed E-state index contributed by atoms with van der Waals surface area (Å²) in [5.41, 5.74) is 0. The van der Waals surface area contributed by atoms with Crippen molar-refractivity contribution >= 4 is 0 Å². The SMILES string of the molecule is CCCCC(CC)CN(CC(C)C)CC1CCCN1. The van der Waals surface area contributed by atoms with Gasteiger partial charge in [0.2, 0.25) is 0 Å². The molecule has 0 aliphatic carbocycles. The standard InChI is InChI=1S/C17H36N2/c1-5-7-9-16(6-2)13-19(12-15(3)4)14-17-10-8-11-18-17/h15-18H,5-14H2,1-4H3. The zero-order valence-electron chi connectivity index (χ0n) is 13.8. The van der Waals surface area contributed by atoms with E-state index >= 15 is 0 Å². The van der Waals surface area contributed by atoms with Crippen molar-refractivity contribution in [2.45, 2.75) is 72.3 Å². The molecule has 1 heterocycles. The molecule has 1 aliphatic rings. The summed E-state index contributed by atoms with van der Waals surface area (Å²) >= 11 is 0. The van der Waals surface area contributed by atoms with E-state index in [0.29, 0.717) is 0 Å². The maximum atomic E-state index is 3.65. The highest BCUT2D eigenvalue weighted by Gasteiger charge is 2.20. The monoisotopic (exact) mass is 268 g/mol. The minimum absolute atomic E-state index is 0.752. The van der Waals surface area contributed by atoms with Crippen LogP contribution >= 0.6 is 0 Å². The molecule has 0 aromatic heterocycles. The zero-order valence-corrected chi connectivity index (χ0v) is 13.8. The first kappa shape index (κ1) is 17.0. The van der Waals surface area contributed by atoms with Gasteiger partial charge in [-0.2, -0.15) is 0 Å². The van der Waals surface area contributed by atoms with Gasteiger partial charge in [-0.1, -0.05) is 47.0 Å². The third-order valence-corrected chi connectivity index (χ3v) is 4.32. The van der Waals surface area contributed by atoms with Crippen molar-refractivity contribution in [3.8, 4) is 0 Å². The average molecular weight is 268 g/mol. The number of rotatable bonds is 10. The first-order chi connectivity index (χ1) is 9.15. The Morgan fingerprint density at radius 1 is 1.21 bits per heavy atom. The minimum atomic E-state index is 0.752. The third-order valence-electron chi connectivity index (χ3n) is 4.32. The molecule has 2 atom stereocenters. The highest BCUT2D eigenvalue weighted by molar-refractivity contribution is 4.79. The van der Waals surface area contributed by atoms with Gasteiger partial charge in [0.15, 0.2) is 0 Å². The fraction of sp³-hybridized carbons (Fsp3) is 1.00. The molecule has 0 aromatic carbocycles. The van der Waals surface area contributed by atoms with E-state index in [4.69, 9.17) is 0 Å². The minimum Gasteiger partial charge on any atom is -0.313 e. The van der Waals surface area contributed by atoms with Gasteiger partial charge in [0.05, 0.1) is 0 Å². The predicted molar refractivity (Wildman–Crippen MR) is 85.6 cm³/mol. The van der Waals surface area contributed by atoms with Crippen LogP contribution < -0.4 is 5.32 Å². The van der Waals surface area contributed by atoms with Crippen molar-refractivity contribution in [1.82, 2.24) is 10.2 Å². The van der Waals surface area contributed by atoms with Crippen molar-refractivity contribution in [2.24, 2.45) is 11.8 Å². The Bertz CT molecular complexity index is 209. The van der Waals surface area contributed by atoms with Crippen LogP contribution in [0.25, 0.3) is 0 Å². The van der Waals surface area contributed by atoms with Crippen molar-refractivity contribution in [2.75, 3.05) is 26.2 Å². The quantitative estimate of drug-likeness (QED) is 0.646. The van der Waals surface area contributed by atoms with Crippen LogP contribution in [0.5, 0.6) is 0 Å². The van der Waals surface area contributed by atoms with Gasteiger partial charge in [-0.05, 0) is 37.6 Å². The van der Waals surface area contributed by atoms with E-state index in [0.717, 1.165) is 17.9 Å². The van der Waals surface area contributed by atoms with E-state index in [1.807, 2.05) is 0 Å². The molecule has 0 spiro atoms. The molecule has 0 saturated carbocycles. The molecule has 2 heteroatoms. The lowest BCUT2D eigenvalue weighted by atomic mass is 9.98. The smallest absolute Gasteiger partial charge is 0.0195 e. The van der Waals surface area contributed by atoms with Crippen LogP contribution in [0.2, 0.25) is 0 Å². The van der Waals surface area contributed by atoms with E-state index in [1.54, 1.807) is 0 Å². The molecule has 0 radical (unpaired) electrons. The molecular weight excluding hydrogens is 232 g/mol. The summed E-state index contributed by atoms with van der Waals surface area (Å²) in [6.07, 6.45) is 8.24. The predicted octanol–water partition coefficient (Wildman–Crippen LogP) is 3.91. The number of nitrogens with zero attached hydrogens (tertiary/aromatic N) is 1. The molecular formula is C17H36N2. The second-order valence-corrected chi connectivity index (χ2v) is 6.82. The molecule has 1 fully saturated rings. The van der Waals surface area contributed by atoms with E-state index < -0.39 is 0 Å². The van der Waals surface area contributed by atoms with Gasteiger partial charge in [0.25, 0.3) is 0 Å². The van der Waals surface area contributed by atoms with Gasteiger partial charge < -0.3 is 10.2 Å².